The number of aromatic nitrogens is 8. The molecule has 0 amide bonds. The number of aromatic amines is 2. The Kier molecular flexibility index (Phi) is 4.34. The molecule has 0 aliphatic carbocycles. The number of halogens is 2. The van der Waals surface area contributed by atoms with Crippen molar-refractivity contribution in [3.8, 4) is 17.1 Å². The second kappa shape index (κ2) is 7.38. The summed E-state index contributed by atoms with van der Waals surface area (Å²) in [4.78, 5) is 21.6. The highest BCUT2D eigenvalue weighted by molar-refractivity contribution is 6.30. The molecule has 0 saturated heterocycles. The Labute approximate surface area is 189 Å². The predicted octanol–water partition coefficient (Wildman–Crippen LogP) is 3.69. The molecule has 33 heavy (non-hydrogen) atoms. The smallest absolute Gasteiger partial charge is 0.306 e. The normalized spacial score (nSPS) is 11.6. The molecule has 0 bridgehead atoms. The summed E-state index contributed by atoms with van der Waals surface area (Å²) in [6.45, 7) is 0.352. The van der Waals surface area contributed by atoms with E-state index >= 15 is 0 Å². The molecule has 0 unspecified atom stereocenters. The molecule has 11 heteroatoms. The van der Waals surface area contributed by atoms with Gasteiger partial charge in [0.05, 0.1) is 51.4 Å². The fraction of sp³-hybridized carbons (Fsp3) is 0.0455. The molecule has 9 nitrogen and oxygen atoms in total. The molecule has 0 saturated carbocycles. The Hall–Kier alpha value is -4.31. The van der Waals surface area contributed by atoms with E-state index in [-0.39, 0.29) is 10.7 Å². The van der Waals surface area contributed by atoms with E-state index in [9.17, 15) is 9.18 Å². The summed E-state index contributed by atoms with van der Waals surface area (Å²) in [7, 11) is 0. The molecular weight excluding hydrogens is 447 g/mol. The number of fused-ring (bicyclic) bond motifs is 2. The van der Waals surface area contributed by atoms with Crippen molar-refractivity contribution >= 4 is 33.7 Å². The van der Waals surface area contributed by atoms with Crippen LogP contribution in [0.2, 0.25) is 5.02 Å². The van der Waals surface area contributed by atoms with Gasteiger partial charge in [-0.1, -0.05) is 22.9 Å². The van der Waals surface area contributed by atoms with Crippen LogP contribution in [0.25, 0.3) is 39.1 Å². The Morgan fingerprint density at radius 2 is 1.91 bits per heavy atom. The minimum Gasteiger partial charge on any atom is -0.306 e. The largest absolute Gasteiger partial charge is 0.323 e. The van der Waals surface area contributed by atoms with Crippen molar-refractivity contribution in [2.75, 3.05) is 0 Å². The first-order chi connectivity index (χ1) is 16.0. The Bertz CT molecular complexity index is 1710. The van der Waals surface area contributed by atoms with Gasteiger partial charge < -0.3 is 9.97 Å². The van der Waals surface area contributed by atoms with Gasteiger partial charge in [0.25, 0.3) is 0 Å². The average molecular weight is 461 g/mol. The van der Waals surface area contributed by atoms with Crippen molar-refractivity contribution < 1.29 is 4.39 Å². The molecule has 0 aliphatic rings. The lowest BCUT2D eigenvalue weighted by molar-refractivity contribution is 0.620. The summed E-state index contributed by atoms with van der Waals surface area (Å²) in [6.07, 6.45) is 3.31. The van der Waals surface area contributed by atoms with Crippen molar-refractivity contribution in [1.29, 1.82) is 0 Å². The summed E-state index contributed by atoms with van der Waals surface area (Å²) < 4.78 is 17.3. The van der Waals surface area contributed by atoms with Gasteiger partial charge in [0.2, 0.25) is 0 Å². The zero-order valence-corrected chi connectivity index (χ0v) is 17.6. The maximum absolute atomic E-state index is 13.9. The zero-order chi connectivity index (χ0) is 22.5. The number of nitrogens with one attached hydrogen (secondary N) is 2. The van der Waals surface area contributed by atoms with E-state index in [0.29, 0.717) is 28.8 Å². The summed E-state index contributed by atoms with van der Waals surface area (Å²) in [6, 6.07) is 13.9. The van der Waals surface area contributed by atoms with E-state index in [0.717, 1.165) is 22.5 Å². The van der Waals surface area contributed by atoms with Crippen LogP contribution in [0.3, 0.4) is 0 Å². The van der Waals surface area contributed by atoms with Gasteiger partial charge in [-0.15, -0.1) is 5.10 Å². The lowest BCUT2D eigenvalue weighted by Crippen LogP contribution is -2.05. The molecule has 6 aromatic rings. The van der Waals surface area contributed by atoms with E-state index in [1.54, 1.807) is 33.9 Å². The van der Waals surface area contributed by atoms with Crippen LogP contribution in [0.15, 0.2) is 65.7 Å². The van der Waals surface area contributed by atoms with Gasteiger partial charge in [-0.05, 0) is 48.0 Å². The van der Waals surface area contributed by atoms with E-state index < -0.39 is 5.82 Å². The molecule has 4 heterocycles. The number of hydrogen-bond acceptors (Lipinski definition) is 5. The molecular formula is C22H14ClFN8O. The van der Waals surface area contributed by atoms with Crippen LogP contribution in [0, 0.1) is 5.82 Å². The van der Waals surface area contributed by atoms with Crippen molar-refractivity contribution in [3.05, 3.63) is 87.8 Å². The summed E-state index contributed by atoms with van der Waals surface area (Å²) in [5, 5.41) is 12.9. The van der Waals surface area contributed by atoms with Gasteiger partial charge in [0.15, 0.2) is 0 Å². The third kappa shape index (κ3) is 3.37. The first-order valence-electron chi connectivity index (χ1n) is 9.95. The highest BCUT2D eigenvalue weighted by Crippen LogP contribution is 2.25. The number of benzene rings is 2. The summed E-state index contributed by atoms with van der Waals surface area (Å²) in [5.74, 6) is -0.474. The molecule has 2 aromatic carbocycles. The van der Waals surface area contributed by atoms with E-state index in [4.69, 9.17) is 11.6 Å². The van der Waals surface area contributed by atoms with Gasteiger partial charge in [-0.3, -0.25) is 9.67 Å². The van der Waals surface area contributed by atoms with Crippen LogP contribution >= 0.6 is 11.6 Å². The van der Waals surface area contributed by atoms with E-state index in [1.807, 2.05) is 24.3 Å². The fourth-order valence-corrected chi connectivity index (χ4v) is 3.91. The zero-order valence-electron chi connectivity index (χ0n) is 16.8. The monoisotopic (exact) mass is 460 g/mol. The molecule has 162 valence electrons. The molecule has 0 radical (unpaired) electrons. The van der Waals surface area contributed by atoms with E-state index in [1.165, 1.54) is 12.1 Å². The van der Waals surface area contributed by atoms with Crippen LogP contribution in [-0.4, -0.2) is 39.7 Å². The van der Waals surface area contributed by atoms with Crippen LogP contribution in [0.4, 0.5) is 4.39 Å². The number of rotatable bonds is 4. The van der Waals surface area contributed by atoms with Crippen LogP contribution < -0.4 is 5.69 Å². The Morgan fingerprint density at radius 3 is 2.79 bits per heavy atom. The number of pyridine rings is 1. The molecule has 2 N–H and O–H groups in total. The molecule has 0 fully saturated rings. The Balaban J connectivity index is 1.41. The molecule has 0 atom stereocenters. The van der Waals surface area contributed by atoms with Crippen molar-refractivity contribution in [3.63, 3.8) is 0 Å². The number of H-pyrrole nitrogens is 2. The van der Waals surface area contributed by atoms with Crippen LogP contribution in [0.1, 0.15) is 5.56 Å². The standard InChI is InChI=1S/C22H14ClFN8O/c23-14-3-1-12(7-15(14)24)11-31-20(5-6-26-31)18-9-21-19(10-25-18)29-30-32(21)13-2-4-16-17(8-13)28-22(33)27-16/h1-10H,11H2,(H2,27,28,33). The molecule has 0 spiro atoms. The SMILES string of the molecule is O=c1[nH]c2ccc(-n3nnc4cnc(-c5ccnn5Cc5ccc(Cl)c(F)c5)cc43)cc2[nH]1. The maximum Gasteiger partial charge on any atom is 0.323 e. The third-order valence-corrected chi connectivity index (χ3v) is 5.68. The van der Waals surface area contributed by atoms with Crippen LogP contribution in [0.5, 0.6) is 0 Å². The predicted molar refractivity (Wildman–Crippen MR) is 121 cm³/mol. The lowest BCUT2D eigenvalue weighted by atomic mass is 10.2. The quantitative estimate of drug-likeness (QED) is 0.417. The minimum absolute atomic E-state index is 0.0780. The summed E-state index contributed by atoms with van der Waals surface area (Å²) in [5.41, 5.74) is 5.34. The fourth-order valence-electron chi connectivity index (χ4n) is 3.80. The Morgan fingerprint density at radius 1 is 1.03 bits per heavy atom. The van der Waals surface area contributed by atoms with Crippen molar-refractivity contribution in [1.82, 2.24) is 39.7 Å². The minimum atomic E-state index is -0.474. The van der Waals surface area contributed by atoms with E-state index in [2.05, 4.69) is 30.4 Å². The van der Waals surface area contributed by atoms with Crippen LogP contribution in [-0.2, 0) is 6.54 Å². The van der Waals surface area contributed by atoms with Gasteiger partial charge in [0, 0.05) is 6.20 Å². The molecule has 0 aliphatic heterocycles. The lowest BCUT2D eigenvalue weighted by Gasteiger charge is -2.09. The molecule has 4 aromatic heterocycles. The van der Waals surface area contributed by atoms with Gasteiger partial charge in [-0.25, -0.2) is 13.9 Å². The first-order valence-corrected chi connectivity index (χ1v) is 10.3. The van der Waals surface area contributed by atoms with Gasteiger partial charge in [-0.2, -0.15) is 5.10 Å². The van der Waals surface area contributed by atoms with Gasteiger partial charge >= 0.3 is 5.69 Å². The number of hydrogen-bond donors (Lipinski definition) is 2. The average Bonchev–Trinajstić information content (AvgIpc) is 3.52. The highest BCUT2D eigenvalue weighted by Gasteiger charge is 2.14. The number of nitrogens with zero attached hydrogens (tertiary/aromatic N) is 6. The summed E-state index contributed by atoms with van der Waals surface area (Å²) >= 11 is 5.79. The van der Waals surface area contributed by atoms with Gasteiger partial charge in [0.1, 0.15) is 11.3 Å². The topological polar surface area (TPSA) is 110 Å². The molecule has 6 rings (SSSR count). The highest BCUT2D eigenvalue weighted by atomic mass is 35.5. The van der Waals surface area contributed by atoms with Crippen molar-refractivity contribution in [2.24, 2.45) is 0 Å². The third-order valence-electron chi connectivity index (χ3n) is 5.37. The first kappa shape index (κ1) is 19.4. The maximum atomic E-state index is 13.9. The second-order valence-electron chi connectivity index (χ2n) is 7.49. The second-order valence-corrected chi connectivity index (χ2v) is 7.90. The van der Waals surface area contributed by atoms with Crippen molar-refractivity contribution in [2.45, 2.75) is 6.54 Å². The number of imidazole rings is 1.